The van der Waals surface area contributed by atoms with E-state index in [9.17, 15) is 4.39 Å². The van der Waals surface area contributed by atoms with E-state index in [1.807, 2.05) is 0 Å². The van der Waals surface area contributed by atoms with Gasteiger partial charge in [-0.05, 0) is 12.1 Å². The van der Waals surface area contributed by atoms with Crippen molar-refractivity contribution in [3.63, 3.8) is 0 Å². The van der Waals surface area contributed by atoms with Crippen molar-refractivity contribution in [1.29, 1.82) is 0 Å². The molecule has 0 fully saturated rings. The van der Waals surface area contributed by atoms with Gasteiger partial charge in [0.25, 0.3) is 0 Å². The van der Waals surface area contributed by atoms with Crippen LogP contribution in [-0.4, -0.2) is 0 Å². The number of rotatable bonds is 0. The van der Waals surface area contributed by atoms with Crippen LogP contribution in [0.4, 0.5) is 10.1 Å². The Labute approximate surface area is 67.5 Å². The van der Waals surface area contributed by atoms with Crippen molar-refractivity contribution in [2.24, 2.45) is 0 Å². The quantitative estimate of drug-likeness (QED) is 0.482. The normalized spacial score (nSPS) is 9.90. The molecule has 0 aliphatic rings. The zero-order chi connectivity index (χ0) is 7.72. The highest BCUT2D eigenvalue weighted by Gasteiger charge is 2.04. The van der Waals surface area contributed by atoms with Crippen LogP contribution in [-0.2, 0) is 0 Å². The maximum absolute atomic E-state index is 12.5. The molecular weight excluding hydrogens is 176 g/mol. The number of halogens is 3. The molecule has 0 radical (unpaired) electrons. The van der Waals surface area contributed by atoms with Gasteiger partial charge in [-0.15, -0.1) is 0 Å². The summed E-state index contributed by atoms with van der Waals surface area (Å²) < 4.78 is 12.5. The summed E-state index contributed by atoms with van der Waals surface area (Å²) in [6, 6.07) is 2.52. The van der Waals surface area contributed by atoms with E-state index in [0.29, 0.717) is 0 Å². The van der Waals surface area contributed by atoms with Gasteiger partial charge in [-0.25, -0.2) is 4.39 Å². The number of anilines is 1. The first kappa shape index (κ1) is 7.63. The van der Waals surface area contributed by atoms with Crippen molar-refractivity contribution >= 4 is 28.9 Å². The minimum absolute atomic E-state index is 0.0872. The number of benzene rings is 1. The predicted octanol–water partition coefficient (Wildman–Crippen LogP) is 2.71. The van der Waals surface area contributed by atoms with Crippen LogP contribution in [0.2, 0.25) is 10.0 Å². The molecule has 1 aromatic carbocycles. The van der Waals surface area contributed by atoms with E-state index in [1.54, 1.807) is 0 Å². The van der Waals surface area contributed by atoms with Crippen molar-refractivity contribution in [3.8, 4) is 0 Å². The van der Waals surface area contributed by atoms with Crippen molar-refractivity contribution in [3.05, 3.63) is 28.0 Å². The zero-order valence-electron chi connectivity index (χ0n) is 4.87. The van der Waals surface area contributed by atoms with Crippen LogP contribution < -0.4 is 5.73 Å². The van der Waals surface area contributed by atoms with Gasteiger partial charge in [0.15, 0.2) is 0 Å². The smallest absolute Gasteiger partial charge is 0.145 e. The molecule has 0 atom stereocenters. The molecule has 2 N–H and O–H groups in total. The first-order valence-corrected chi connectivity index (χ1v) is 3.27. The average molecular weight is 180 g/mol. The van der Waals surface area contributed by atoms with Gasteiger partial charge in [0.05, 0.1) is 10.0 Å². The lowest BCUT2D eigenvalue weighted by Crippen LogP contribution is -1.87. The first-order valence-electron chi connectivity index (χ1n) is 2.51. The lowest BCUT2D eigenvalue weighted by molar-refractivity contribution is 0.629. The van der Waals surface area contributed by atoms with Crippen LogP contribution in [0.1, 0.15) is 0 Å². The van der Waals surface area contributed by atoms with Gasteiger partial charge < -0.3 is 5.73 Å². The highest BCUT2D eigenvalue weighted by atomic mass is 35.5. The molecule has 4 heteroatoms. The third-order valence-electron chi connectivity index (χ3n) is 1.01. The minimum atomic E-state index is -0.591. The molecule has 1 aromatic rings. The standard InChI is InChI=1S/C6H4Cl2FN/c7-4-1-3(10)2-5(9)6(4)8/h1-2H,10H2. The number of hydrogen-bond donors (Lipinski definition) is 1. The Morgan fingerprint density at radius 1 is 1.30 bits per heavy atom. The zero-order valence-corrected chi connectivity index (χ0v) is 6.38. The molecule has 0 saturated carbocycles. The molecule has 0 aliphatic heterocycles. The van der Waals surface area contributed by atoms with E-state index in [1.165, 1.54) is 6.07 Å². The van der Waals surface area contributed by atoms with Gasteiger partial charge >= 0.3 is 0 Å². The van der Waals surface area contributed by atoms with Crippen LogP contribution in [0.25, 0.3) is 0 Å². The van der Waals surface area contributed by atoms with Gasteiger partial charge in [0.1, 0.15) is 5.82 Å². The molecule has 0 unspecified atom stereocenters. The number of nitrogens with two attached hydrogens (primary N) is 1. The van der Waals surface area contributed by atoms with E-state index < -0.39 is 5.82 Å². The fourth-order valence-electron chi connectivity index (χ4n) is 0.575. The summed E-state index contributed by atoms with van der Waals surface area (Å²) in [4.78, 5) is 0. The Hall–Kier alpha value is -0.470. The Morgan fingerprint density at radius 2 is 1.90 bits per heavy atom. The second-order valence-electron chi connectivity index (χ2n) is 1.80. The van der Waals surface area contributed by atoms with E-state index >= 15 is 0 Å². The van der Waals surface area contributed by atoms with Gasteiger partial charge in [0.2, 0.25) is 0 Å². The Morgan fingerprint density at radius 3 is 2.40 bits per heavy atom. The van der Waals surface area contributed by atoms with Crippen molar-refractivity contribution in [2.75, 3.05) is 5.73 Å². The molecule has 54 valence electrons. The van der Waals surface area contributed by atoms with Crippen LogP contribution in [0.5, 0.6) is 0 Å². The fraction of sp³-hybridized carbons (Fsp3) is 0. The highest BCUT2D eigenvalue weighted by molar-refractivity contribution is 6.42. The van der Waals surface area contributed by atoms with E-state index in [2.05, 4.69) is 0 Å². The van der Waals surface area contributed by atoms with Crippen molar-refractivity contribution in [2.45, 2.75) is 0 Å². The van der Waals surface area contributed by atoms with Crippen LogP contribution in [0.3, 0.4) is 0 Å². The van der Waals surface area contributed by atoms with Gasteiger partial charge in [0, 0.05) is 5.69 Å². The maximum Gasteiger partial charge on any atom is 0.145 e. The van der Waals surface area contributed by atoms with Gasteiger partial charge in [-0.2, -0.15) is 0 Å². The molecule has 0 aromatic heterocycles. The lowest BCUT2D eigenvalue weighted by atomic mass is 10.3. The second-order valence-corrected chi connectivity index (χ2v) is 2.58. The van der Waals surface area contributed by atoms with Gasteiger partial charge in [-0.3, -0.25) is 0 Å². The van der Waals surface area contributed by atoms with Crippen LogP contribution >= 0.6 is 23.2 Å². The molecule has 0 aliphatic carbocycles. The summed E-state index contributed by atoms with van der Waals surface area (Å²) >= 11 is 10.9. The molecule has 0 heterocycles. The minimum Gasteiger partial charge on any atom is -0.399 e. The largest absolute Gasteiger partial charge is 0.399 e. The Kier molecular flexibility index (Phi) is 2.02. The maximum atomic E-state index is 12.5. The van der Waals surface area contributed by atoms with Crippen LogP contribution in [0, 0.1) is 5.82 Å². The number of hydrogen-bond acceptors (Lipinski definition) is 1. The summed E-state index contributed by atoms with van der Waals surface area (Å²) in [7, 11) is 0. The molecule has 1 nitrogen and oxygen atoms in total. The summed E-state index contributed by atoms with van der Waals surface area (Å²) in [6.45, 7) is 0. The monoisotopic (exact) mass is 179 g/mol. The topological polar surface area (TPSA) is 26.0 Å². The molecule has 10 heavy (non-hydrogen) atoms. The molecule has 0 bridgehead atoms. The second kappa shape index (κ2) is 2.64. The van der Waals surface area contributed by atoms with E-state index in [-0.39, 0.29) is 15.7 Å². The van der Waals surface area contributed by atoms with Crippen LogP contribution in [0.15, 0.2) is 12.1 Å². The highest BCUT2D eigenvalue weighted by Crippen LogP contribution is 2.26. The first-order chi connectivity index (χ1) is 4.61. The predicted molar refractivity (Wildman–Crippen MR) is 40.8 cm³/mol. The fourth-order valence-corrected chi connectivity index (χ4v) is 0.900. The van der Waals surface area contributed by atoms with E-state index in [4.69, 9.17) is 28.9 Å². The molecule has 0 amide bonds. The summed E-state index contributed by atoms with van der Waals surface area (Å²) in [5.41, 5.74) is 5.52. The lowest BCUT2D eigenvalue weighted by Gasteiger charge is -1.97. The van der Waals surface area contributed by atoms with Gasteiger partial charge in [-0.1, -0.05) is 23.2 Å². The molecule has 0 saturated heterocycles. The van der Waals surface area contributed by atoms with Crippen molar-refractivity contribution < 1.29 is 4.39 Å². The summed E-state index contributed by atoms with van der Waals surface area (Å²) in [5.74, 6) is -0.591. The average Bonchev–Trinajstić information content (AvgIpc) is 1.82. The van der Waals surface area contributed by atoms with Crippen molar-refractivity contribution in [1.82, 2.24) is 0 Å². The molecular formula is C6H4Cl2FN. The summed E-state index contributed by atoms with van der Waals surface area (Å²) in [5, 5.41) is 0.0510. The molecule has 1 rings (SSSR count). The Balaban J connectivity index is 3.31. The molecule has 0 spiro atoms. The Bertz CT molecular complexity index is 239. The number of nitrogen functional groups attached to an aromatic ring is 1. The SMILES string of the molecule is Nc1cc(F)c(Cl)c(Cl)c1. The van der Waals surface area contributed by atoms with E-state index in [0.717, 1.165) is 6.07 Å². The summed E-state index contributed by atoms with van der Waals surface area (Å²) in [6.07, 6.45) is 0. The third kappa shape index (κ3) is 1.33. The third-order valence-corrected chi connectivity index (χ3v) is 1.79.